The van der Waals surface area contributed by atoms with E-state index in [1.807, 2.05) is 0 Å². The Balaban J connectivity index is 2.61. The zero-order valence-electron chi connectivity index (χ0n) is 11.3. The molecule has 1 aromatic heterocycles. The number of aromatic nitrogens is 1. The molecule has 0 fully saturated rings. The summed E-state index contributed by atoms with van der Waals surface area (Å²) in [5.74, 6) is 0.0106. The highest BCUT2D eigenvalue weighted by atomic mass is 32.2. The minimum Gasteiger partial charge on any atom is -0.591 e. The van der Waals surface area contributed by atoms with Crippen LogP contribution in [-0.4, -0.2) is 33.3 Å². The molecule has 1 unspecified atom stereocenters. The standard InChI is InChI=1S/C12H15F3N2O2S/c1-11(2,3)20(18)17-6-9-4-5-10(7-16-9)19-8-12(13,14)15/h4-7H,8H2,1-3H3/b17-6+. The van der Waals surface area contributed by atoms with Crippen LogP contribution < -0.4 is 4.74 Å². The van der Waals surface area contributed by atoms with Crippen molar-refractivity contribution >= 4 is 17.6 Å². The van der Waals surface area contributed by atoms with Crippen molar-refractivity contribution in [2.75, 3.05) is 6.61 Å². The number of hydrogen-bond donors (Lipinski definition) is 0. The molecular formula is C12H15F3N2O2S. The van der Waals surface area contributed by atoms with Crippen LogP contribution in [0.2, 0.25) is 0 Å². The van der Waals surface area contributed by atoms with Crippen LogP contribution in [0, 0.1) is 0 Å². The van der Waals surface area contributed by atoms with E-state index in [1.165, 1.54) is 18.3 Å². The van der Waals surface area contributed by atoms with Crippen molar-refractivity contribution < 1.29 is 22.5 Å². The van der Waals surface area contributed by atoms with Crippen molar-refractivity contribution in [3.8, 4) is 5.75 Å². The molecule has 0 aliphatic rings. The zero-order valence-corrected chi connectivity index (χ0v) is 12.1. The van der Waals surface area contributed by atoms with E-state index in [0.717, 1.165) is 6.20 Å². The Kier molecular flexibility index (Phi) is 5.41. The SMILES string of the molecule is CC(C)(C)[S+]([O-])/N=C/c1ccc(OCC(F)(F)F)cn1. The third-order valence-electron chi connectivity index (χ3n) is 1.97. The predicted octanol–water partition coefficient (Wildman–Crippen LogP) is 2.90. The number of ether oxygens (including phenoxy) is 1. The third kappa shape index (κ3) is 6.25. The summed E-state index contributed by atoms with van der Waals surface area (Å²) in [5, 5.41) is 0. The van der Waals surface area contributed by atoms with E-state index < -0.39 is 28.9 Å². The van der Waals surface area contributed by atoms with Gasteiger partial charge in [0.1, 0.15) is 28.1 Å². The van der Waals surface area contributed by atoms with Gasteiger partial charge >= 0.3 is 6.18 Å². The Labute approximate surface area is 118 Å². The quantitative estimate of drug-likeness (QED) is 0.635. The summed E-state index contributed by atoms with van der Waals surface area (Å²) < 4.78 is 55.4. The summed E-state index contributed by atoms with van der Waals surface area (Å²) in [4.78, 5) is 3.86. The van der Waals surface area contributed by atoms with Gasteiger partial charge in [-0.15, -0.1) is 0 Å². The van der Waals surface area contributed by atoms with Crippen LogP contribution >= 0.6 is 0 Å². The molecule has 0 bridgehead atoms. The molecule has 1 atom stereocenters. The first-order valence-electron chi connectivity index (χ1n) is 5.69. The summed E-state index contributed by atoms with van der Waals surface area (Å²) in [6.07, 6.45) is -1.91. The predicted molar refractivity (Wildman–Crippen MR) is 71.3 cm³/mol. The molecule has 0 radical (unpaired) electrons. The largest absolute Gasteiger partial charge is 0.591 e. The molecule has 20 heavy (non-hydrogen) atoms. The van der Waals surface area contributed by atoms with Crippen LogP contribution in [0.4, 0.5) is 13.2 Å². The number of hydrogen-bond acceptors (Lipinski definition) is 4. The first-order chi connectivity index (χ1) is 9.08. The molecule has 0 aliphatic heterocycles. The van der Waals surface area contributed by atoms with Crippen LogP contribution in [0.15, 0.2) is 22.7 Å². The van der Waals surface area contributed by atoms with Gasteiger partial charge in [-0.25, -0.2) is 0 Å². The topological polar surface area (TPSA) is 57.5 Å². The van der Waals surface area contributed by atoms with Crippen molar-refractivity contribution in [1.82, 2.24) is 4.98 Å². The molecule has 1 aromatic rings. The van der Waals surface area contributed by atoms with E-state index in [4.69, 9.17) is 0 Å². The minimum atomic E-state index is -4.39. The van der Waals surface area contributed by atoms with Crippen molar-refractivity contribution in [2.24, 2.45) is 4.40 Å². The van der Waals surface area contributed by atoms with E-state index in [-0.39, 0.29) is 5.75 Å². The van der Waals surface area contributed by atoms with Gasteiger partial charge in [0.2, 0.25) is 0 Å². The number of pyridine rings is 1. The van der Waals surface area contributed by atoms with Crippen LogP contribution in [0.1, 0.15) is 26.5 Å². The highest BCUT2D eigenvalue weighted by Crippen LogP contribution is 2.18. The molecule has 0 aromatic carbocycles. The third-order valence-corrected chi connectivity index (χ3v) is 3.31. The van der Waals surface area contributed by atoms with Crippen LogP contribution in [0.25, 0.3) is 0 Å². The van der Waals surface area contributed by atoms with Gasteiger partial charge in [-0.3, -0.25) is 4.98 Å². The van der Waals surface area contributed by atoms with Crippen molar-refractivity contribution in [3.05, 3.63) is 24.0 Å². The van der Waals surface area contributed by atoms with E-state index in [1.54, 1.807) is 20.8 Å². The maximum Gasteiger partial charge on any atom is 0.422 e. The van der Waals surface area contributed by atoms with Gasteiger partial charge in [0, 0.05) is 0 Å². The second-order valence-electron chi connectivity index (χ2n) is 4.92. The Morgan fingerprint density at radius 3 is 2.45 bits per heavy atom. The van der Waals surface area contributed by atoms with Gasteiger partial charge in [-0.2, -0.15) is 13.2 Å². The fourth-order valence-corrected chi connectivity index (χ4v) is 1.50. The van der Waals surface area contributed by atoms with Crippen LogP contribution in [0.5, 0.6) is 5.75 Å². The lowest BCUT2D eigenvalue weighted by Gasteiger charge is -2.17. The molecule has 0 aliphatic carbocycles. The molecule has 112 valence electrons. The summed E-state index contributed by atoms with van der Waals surface area (Å²) in [5.41, 5.74) is 0.391. The average Bonchev–Trinajstić information content (AvgIpc) is 2.32. The fourth-order valence-electron chi connectivity index (χ4n) is 0.979. The first kappa shape index (κ1) is 16.8. The maximum absolute atomic E-state index is 11.9. The van der Waals surface area contributed by atoms with Gasteiger partial charge in [0.25, 0.3) is 0 Å². The number of nitrogens with zero attached hydrogens (tertiary/aromatic N) is 2. The lowest BCUT2D eigenvalue weighted by Crippen LogP contribution is -2.25. The van der Waals surface area contributed by atoms with Crippen molar-refractivity contribution in [2.45, 2.75) is 31.7 Å². The Morgan fingerprint density at radius 2 is 2.00 bits per heavy atom. The second-order valence-corrected chi connectivity index (χ2v) is 6.85. The van der Waals surface area contributed by atoms with Crippen LogP contribution in [-0.2, 0) is 11.4 Å². The molecule has 1 heterocycles. The lowest BCUT2D eigenvalue weighted by atomic mass is 10.3. The molecule has 4 nitrogen and oxygen atoms in total. The van der Waals surface area contributed by atoms with Crippen LogP contribution in [0.3, 0.4) is 0 Å². The molecule has 0 spiro atoms. The summed E-state index contributed by atoms with van der Waals surface area (Å²) in [6.45, 7) is 3.97. The van der Waals surface area contributed by atoms with Gasteiger partial charge < -0.3 is 9.29 Å². The monoisotopic (exact) mass is 308 g/mol. The van der Waals surface area contributed by atoms with E-state index in [2.05, 4.69) is 14.1 Å². The summed E-state index contributed by atoms with van der Waals surface area (Å²) in [7, 11) is 0. The van der Waals surface area contributed by atoms with Crippen molar-refractivity contribution in [1.29, 1.82) is 0 Å². The Hall–Kier alpha value is -1.28. The van der Waals surface area contributed by atoms with E-state index >= 15 is 0 Å². The first-order valence-corrected chi connectivity index (χ1v) is 6.80. The molecule has 1 rings (SSSR count). The number of alkyl halides is 3. The van der Waals surface area contributed by atoms with E-state index in [9.17, 15) is 17.7 Å². The lowest BCUT2D eigenvalue weighted by molar-refractivity contribution is -0.153. The highest BCUT2D eigenvalue weighted by molar-refractivity contribution is 7.91. The Morgan fingerprint density at radius 1 is 1.35 bits per heavy atom. The van der Waals surface area contributed by atoms with Gasteiger partial charge in [0.05, 0.1) is 11.9 Å². The summed E-state index contributed by atoms with van der Waals surface area (Å²) in [6, 6.07) is 2.79. The molecule has 8 heteroatoms. The maximum atomic E-state index is 11.9. The van der Waals surface area contributed by atoms with Crippen molar-refractivity contribution in [3.63, 3.8) is 0 Å². The molecule has 0 saturated heterocycles. The van der Waals surface area contributed by atoms with Gasteiger partial charge in [0.15, 0.2) is 6.61 Å². The molecule has 0 saturated carbocycles. The normalized spacial score (nSPS) is 14.6. The molecular weight excluding hydrogens is 293 g/mol. The molecule has 0 N–H and O–H groups in total. The van der Waals surface area contributed by atoms with Gasteiger partial charge in [-0.05, 0) is 32.9 Å². The van der Waals surface area contributed by atoms with Gasteiger partial charge in [-0.1, -0.05) is 4.40 Å². The average molecular weight is 308 g/mol. The smallest absolute Gasteiger partial charge is 0.422 e. The Bertz CT molecular complexity index is 455. The molecule has 0 amide bonds. The number of rotatable bonds is 4. The second kappa shape index (κ2) is 6.45. The van der Waals surface area contributed by atoms with E-state index in [0.29, 0.717) is 5.69 Å². The summed E-state index contributed by atoms with van der Waals surface area (Å²) >= 11 is -1.41. The number of halogens is 3. The zero-order chi connectivity index (χ0) is 15.4. The minimum absolute atomic E-state index is 0.0106. The fraction of sp³-hybridized carbons (Fsp3) is 0.500. The highest BCUT2D eigenvalue weighted by Gasteiger charge is 2.28.